The molecular weight excluding hydrogens is 320 g/mol. The van der Waals surface area contributed by atoms with E-state index >= 15 is 0 Å². The number of rotatable bonds is 3. The van der Waals surface area contributed by atoms with E-state index in [1.165, 1.54) is 0 Å². The Kier molecular flexibility index (Phi) is 3.24. The van der Waals surface area contributed by atoms with Gasteiger partial charge in [-0.3, -0.25) is 0 Å². The van der Waals surface area contributed by atoms with Crippen LogP contribution < -0.4 is 5.73 Å². The fraction of sp³-hybridized carbons (Fsp3) is 0.0588. The van der Waals surface area contributed by atoms with E-state index in [9.17, 15) is 9.90 Å². The Hall–Kier alpha value is -3.68. The van der Waals surface area contributed by atoms with Gasteiger partial charge < -0.3 is 20.2 Å². The van der Waals surface area contributed by atoms with Crippen LogP contribution in [-0.4, -0.2) is 35.4 Å². The largest absolute Gasteiger partial charge is 0.476 e. The first-order valence-electron chi connectivity index (χ1n) is 7.53. The molecule has 0 bridgehead atoms. The predicted molar refractivity (Wildman–Crippen MR) is 92.1 cm³/mol. The van der Waals surface area contributed by atoms with Crippen LogP contribution in [0.1, 0.15) is 16.2 Å². The van der Waals surface area contributed by atoms with Gasteiger partial charge >= 0.3 is 5.97 Å². The molecular formula is C17H14N6O2. The number of nitrogens with two attached hydrogens (primary N) is 1. The third kappa shape index (κ3) is 2.40. The molecule has 0 aromatic carbocycles. The van der Waals surface area contributed by atoms with Crippen molar-refractivity contribution in [3.63, 3.8) is 0 Å². The minimum Gasteiger partial charge on any atom is -0.476 e. The van der Waals surface area contributed by atoms with E-state index in [1.54, 1.807) is 12.4 Å². The number of fused-ring (bicyclic) bond motifs is 1. The Balaban J connectivity index is 2.01. The van der Waals surface area contributed by atoms with Crippen molar-refractivity contribution in [2.45, 2.75) is 6.92 Å². The average Bonchev–Trinajstić information content (AvgIpc) is 3.24. The van der Waals surface area contributed by atoms with Crippen LogP contribution in [0.2, 0.25) is 0 Å². The van der Waals surface area contributed by atoms with Crippen molar-refractivity contribution >= 4 is 17.4 Å². The number of nitrogens with zero attached hydrogens (tertiary/aromatic N) is 4. The number of imidazole rings is 1. The van der Waals surface area contributed by atoms with Crippen LogP contribution in [0, 0.1) is 6.92 Å². The lowest BCUT2D eigenvalue weighted by Crippen LogP contribution is -2.10. The highest BCUT2D eigenvalue weighted by molar-refractivity contribution is 5.92. The summed E-state index contributed by atoms with van der Waals surface area (Å²) in [5, 5.41) is 9.34. The van der Waals surface area contributed by atoms with Gasteiger partial charge in [0, 0.05) is 29.8 Å². The van der Waals surface area contributed by atoms with E-state index in [1.807, 2.05) is 41.8 Å². The van der Waals surface area contributed by atoms with Gasteiger partial charge in [-0.15, -0.1) is 0 Å². The number of pyridine rings is 1. The summed E-state index contributed by atoms with van der Waals surface area (Å²) in [5.74, 6) is -1.34. The normalized spacial score (nSPS) is 11.1. The van der Waals surface area contributed by atoms with Crippen molar-refractivity contribution in [1.29, 1.82) is 0 Å². The standard InChI is InChI=1S/C17H14N6O2/c1-9-7-20-12-5-4-10(8-23(9)12)13-14(11-3-2-6-19-11)22-16(18)15(21-13)17(24)25/h2-8,19H,1H3,(H2,18,22)(H,24,25). The van der Waals surface area contributed by atoms with E-state index in [0.717, 1.165) is 11.3 Å². The van der Waals surface area contributed by atoms with Crippen molar-refractivity contribution in [2.24, 2.45) is 0 Å². The molecule has 0 fully saturated rings. The van der Waals surface area contributed by atoms with E-state index in [0.29, 0.717) is 22.6 Å². The van der Waals surface area contributed by atoms with E-state index < -0.39 is 5.97 Å². The molecule has 4 heterocycles. The molecule has 0 aliphatic carbocycles. The Bertz CT molecular complexity index is 1100. The Labute approximate surface area is 142 Å². The van der Waals surface area contributed by atoms with Gasteiger partial charge in [0.15, 0.2) is 11.5 Å². The minimum absolute atomic E-state index is 0.124. The molecule has 0 spiro atoms. The lowest BCUT2D eigenvalue weighted by atomic mass is 10.1. The van der Waals surface area contributed by atoms with Gasteiger partial charge in [0.1, 0.15) is 17.0 Å². The molecule has 25 heavy (non-hydrogen) atoms. The molecule has 4 N–H and O–H groups in total. The minimum atomic E-state index is -1.22. The second kappa shape index (κ2) is 5.45. The third-order valence-corrected chi connectivity index (χ3v) is 3.94. The van der Waals surface area contributed by atoms with Gasteiger partial charge in [-0.1, -0.05) is 0 Å². The third-order valence-electron chi connectivity index (χ3n) is 3.94. The van der Waals surface area contributed by atoms with Crippen LogP contribution in [-0.2, 0) is 0 Å². The molecule has 0 aliphatic heterocycles. The number of hydrogen-bond acceptors (Lipinski definition) is 5. The first-order chi connectivity index (χ1) is 12.0. The van der Waals surface area contributed by atoms with Crippen molar-refractivity contribution < 1.29 is 9.90 Å². The summed E-state index contributed by atoms with van der Waals surface area (Å²) < 4.78 is 1.91. The lowest BCUT2D eigenvalue weighted by Gasteiger charge is -2.11. The molecule has 124 valence electrons. The van der Waals surface area contributed by atoms with Crippen LogP contribution in [0.4, 0.5) is 5.82 Å². The Morgan fingerprint density at radius 2 is 2.08 bits per heavy atom. The quantitative estimate of drug-likeness (QED) is 0.529. The highest BCUT2D eigenvalue weighted by Gasteiger charge is 2.20. The van der Waals surface area contributed by atoms with Crippen molar-refractivity contribution in [1.82, 2.24) is 24.3 Å². The highest BCUT2D eigenvalue weighted by Crippen LogP contribution is 2.30. The summed E-state index contributed by atoms with van der Waals surface area (Å²) in [6.45, 7) is 1.94. The molecule has 8 heteroatoms. The van der Waals surface area contributed by atoms with Gasteiger partial charge in [0.05, 0.1) is 5.69 Å². The van der Waals surface area contributed by atoms with Crippen LogP contribution >= 0.6 is 0 Å². The highest BCUT2D eigenvalue weighted by atomic mass is 16.4. The van der Waals surface area contributed by atoms with Crippen LogP contribution in [0.5, 0.6) is 0 Å². The van der Waals surface area contributed by atoms with E-state index in [2.05, 4.69) is 19.9 Å². The monoisotopic (exact) mass is 334 g/mol. The summed E-state index contributed by atoms with van der Waals surface area (Å²) >= 11 is 0. The molecule has 0 radical (unpaired) electrons. The molecule has 0 saturated heterocycles. The fourth-order valence-electron chi connectivity index (χ4n) is 2.71. The second-order valence-corrected chi connectivity index (χ2v) is 5.59. The molecule has 4 rings (SSSR count). The summed E-state index contributed by atoms with van der Waals surface area (Å²) in [7, 11) is 0. The molecule has 0 atom stereocenters. The number of anilines is 1. The lowest BCUT2D eigenvalue weighted by molar-refractivity contribution is 0.0691. The van der Waals surface area contributed by atoms with Gasteiger partial charge in [-0.05, 0) is 31.2 Å². The van der Waals surface area contributed by atoms with Crippen LogP contribution in [0.15, 0.2) is 42.9 Å². The van der Waals surface area contributed by atoms with Crippen LogP contribution in [0.3, 0.4) is 0 Å². The van der Waals surface area contributed by atoms with E-state index in [-0.39, 0.29) is 11.5 Å². The maximum Gasteiger partial charge on any atom is 0.358 e. The Morgan fingerprint density at radius 3 is 2.80 bits per heavy atom. The number of carboxylic acids is 1. The maximum atomic E-state index is 11.4. The number of H-pyrrole nitrogens is 1. The maximum absolute atomic E-state index is 11.4. The molecule has 4 aromatic rings. The molecule has 0 saturated carbocycles. The van der Waals surface area contributed by atoms with Gasteiger partial charge in [0.25, 0.3) is 0 Å². The SMILES string of the molecule is Cc1cnc2ccc(-c3nc(C(=O)O)c(N)nc3-c3ccc[nH]3)cn12. The second-order valence-electron chi connectivity index (χ2n) is 5.59. The zero-order chi connectivity index (χ0) is 17.6. The molecule has 0 unspecified atom stereocenters. The average molecular weight is 334 g/mol. The number of aromatic carboxylic acids is 1. The Morgan fingerprint density at radius 1 is 1.24 bits per heavy atom. The number of carboxylic acid groups (broad SMARTS) is 1. The number of aromatic nitrogens is 5. The predicted octanol–water partition coefficient (Wildman–Crippen LogP) is 2.38. The van der Waals surface area contributed by atoms with Crippen molar-refractivity contribution in [3.8, 4) is 22.6 Å². The van der Waals surface area contributed by atoms with Crippen LogP contribution in [0.25, 0.3) is 28.3 Å². The van der Waals surface area contributed by atoms with E-state index in [4.69, 9.17) is 5.73 Å². The number of nitrogens with one attached hydrogen (secondary N) is 1. The van der Waals surface area contributed by atoms with Gasteiger partial charge in [0.2, 0.25) is 0 Å². The smallest absolute Gasteiger partial charge is 0.358 e. The van der Waals surface area contributed by atoms with Crippen molar-refractivity contribution in [3.05, 3.63) is 54.2 Å². The number of carbonyl (C=O) groups is 1. The molecule has 8 nitrogen and oxygen atoms in total. The summed E-state index contributed by atoms with van der Waals surface area (Å²) in [6, 6.07) is 7.33. The van der Waals surface area contributed by atoms with Gasteiger partial charge in [-0.2, -0.15) is 0 Å². The zero-order valence-corrected chi connectivity index (χ0v) is 13.3. The summed E-state index contributed by atoms with van der Waals surface area (Å²) in [6.07, 6.45) is 5.38. The zero-order valence-electron chi connectivity index (χ0n) is 13.3. The van der Waals surface area contributed by atoms with Gasteiger partial charge in [-0.25, -0.2) is 19.7 Å². The summed E-state index contributed by atoms with van der Waals surface area (Å²) in [5.41, 5.74) is 9.62. The van der Waals surface area contributed by atoms with Crippen molar-refractivity contribution in [2.75, 3.05) is 5.73 Å². The molecule has 0 amide bonds. The number of aryl methyl sites for hydroxylation is 1. The summed E-state index contributed by atoms with van der Waals surface area (Å²) in [4.78, 5) is 27.3. The topological polar surface area (TPSA) is 122 Å². The fourth-order valence-corrected chi connectivity index (χ4v) is 2.71. The molecule has 0 aliphatic rings. The number of aromatic amines is 1. The number of nitrogen functional groups attached to an aromatic ring is 1. The first-order valence-corrected chi connectivity index (χ1v) is 7.53. The first kappa shape index (κ1) is 14.9. The number of hydrogen-bond donors (Lipinski definition) is 3. The molecule has 4 aromatic heterocycles.